The van der Waals surface area contributed by atoms with Crippen LogP contribution in [0.5, 0.6) is 5.75 Å². The predicted molar refractivity (Wildman–Crippen MR) is 81.7 cm³/mol. The molecule has 1 unspecified atom stereocenters. The summed E-state index contributed by atoms with van der Waals surface area (Å²) in [5, 5.41) is 0. The minimum absolute atomic E-state index is 0.117. The number of carbonyl (C=O) groups is 1. The highest BCUT2D eigenvalue weighted by molar-refractivity contribution is 5.92. The second-order valence-electron chi connectivity index (χ2n) is 5.21. The highest BCUT2D eigenvalue weighted by atomic mass is 16.5. The van der Waals surface area contributed by atoms with Crippen molar-refractivity contribution in [1.29, 1.82) is 0 Å². The number of ether oxygens (including phenoxy) is 1. The van der Waals surface area contributed by atoms with E-state index in [-0.39, 0.29) is 5.91 Å². The summed E-state index contributed by atoms with van der Waals surface area (Å²) in [5.74, 6) is 0.978. The second kappa shape index (κ2) is 7.13. The molecular weight excluding hydrogens is 250 g/mol. The van der Waals surface area contributed by atoms with Crippen LogP contribution in [-0.2, 0) is 4.79 Å². The standard InChI is InChI=1S/C17H23NO2/c1-3-20-16-10-7-15(8-11-16)9-12-17(19)18-13-5-4-6-14(18)2/h7-12,14H,3-6,13H2,1-2H3. The Bertz CT molecular complexity index is 464. The number of rotatable bonds is 4. The van der Waals surface area contributed by atoms with Gasteiger partial charge in [-0.15, -0.1) is 0 Å². The second-order valence-corrected chi connectivity index (χ2v) is 5.21. The van der Waals surface area contributed by atoms with E-state index in [9.17, 15) is 4.79 Å². The van der Waals surface area contributed by atoms with Crippen LogP contribution in [0, 0.1) is 0 Å². The summed E-state index contributed by atoms with van der Waals surface area (Å²) in [5.41, 5.74) is 1.02. The van der Waals surface area contributed by atoms with Crippen molar-refractivity contribution in [3.8, 4) is 5.75 Å². The lowest BCUT2D eigenvalue weighted by Crippen LogP contribution is -2.41. The largest absolute Gasteiger partial charge is 0.494 e. The Kier molecular flexibility index (Phi) is 5.22. The Hall–Kier alpha value is -1.77. The monoisotopic (exact) mass is 273 g/mol. The molecule has 1 heterocycles. The Morgan fingerprint density at radius 3 is 2.75 bits per heavy atom. The molecule has 0 aromatic heterocycles. The summed E-state index contributed by atoms with van der Waals surface area (Å²) in [7, 11) is 0. The van der Waals surface area contributed by atoms with Gasteiger partial charge >= 0.3 is 0 Å². The maximum Gasteiger partial charge on any atom is 0.246 e. The van der Waals surface area contributed by atoms with E-state index in [1.54, 1.807) is 6.08 Å². The van der Waals surface area contributed by atoms with Gasteiger partial charge in [0.2, 0.25) is 5.91 Å². The molecule has 1 aliphatic heterocycles. The number of benzene rings is 1. The molecule has 0 N–H and O–H groups in total. The van der Waals surface area contributed by atoms with Crippen molar-refractivity contribution in [3.63, 3.8) is 0 Å². The third-order valence-corrected chi connectivity index (χ3v) is 3.70. The highest BCUT2D eigenvalue weighted by Crippen LogP contribution is 2.17. The van der Waals surface area contributed by atoms with Gasteiger partial charge in [0.25, 0.3) is 0 Å². The van der Waals surface area contributed by atoms with Gasteiger partial charge in [0.05, 0.1) is 6.61 Å². The van der Waals surface area contributed by atoms with Crippen LogP contribution < -0.4 is 4.74 Å². The number of likely N-dealkylation sites (tertiary alicyclic amines) is 1. The molecule has 108 valence electrons. The van der Waals surface area contributed by atoms with E-state index in [1.165, 1.54) is 6.42 Å². The zero-order valence-corrected chi connectivity index (χ0v) is 12.3. The molecule has 1 fully saturated rings. The molecule has 0 bridgehead atoms. The van der Waals surface area contributed by atoms with E-state index >= 15 is 0 Å². The van der Waals surface area contributed by atoms with Crippen molar-refractivity contribution in [1.82, 2.24) is 4.90 Å². The van der Waals surface area contributed by atoms with Crippen LogP contribution in [0.4, 0.5) is 0 Å². The lowest BCUT2D eigenvalue weighted by molar-refractivity contribution is -0.129. The van der Waals surface area contributed by atoms with Gasteiger partial charge in [0, 0.05) is 18.7 Å². The van der Waals surface area contributed by atoms with E-state index in [1.807, 2.05) is 42.2 Å². The van der Waals surface area contributed by atoms with Crippen LogP contribution in [0.25, 0.3) is 6.08 Å². The first-order chi connectivity index (χ1) is 9.70. The number of piperidine rings is 1. The molecule has 3 nitrogen and oxygen atoms in total. The number of amides is 1. The summed E-state index contributed by atoms with van der Waals surface area (Å²) in [6.45, 7) is 5.64. The maximum atomic E-state index is 12.2. The van der Waals surface area contributed by atoms with Crippen molar-refractivity contribution in [2.75, 3.05) is 13.2 Å². The van der Waals surface area contributed by atoms with Crippen molar-refractivity contribution in [2.24, 2.45) is 0 Å². The summed E-state index contributed by atoms with van der Waals surface area (Å²) in [4.78, 5) is 14.1. The molecule has 0 radical (unpaired) electrons. The third kappa shape index (κ3) is 3.86. The smallest absolute Gasteiger partial charge is 0.246 e. The molecule has 20 heavy (non-hydrogen) atoms. The SMILES string of the molecule is CCOc1ccc(C=CC(=O)N2CCCCC2C)cc1. The zero-order chi connectivity index (χ0) is 14.4. The van der Waals surface area contributed by atoms with Crippen LogP contribution >= 0.6 is 0 Å². The van der Waals surface area contributed by atoms with Gasteiger partial charge in [-0.05, 0) is 56.9 Å². The van der Waals surface area contributed by atoms with Crippen molar-refractivity contribution < 1.29 is 9.53 Å². The van der Waals surface area contributed by atoms with Gasteiger partial charge < -0.3 is 9.64 Å². The van der Waals surface area contributed by atoms with Crippen LogP contribution in [0.1, 0.15) is 38.7 Å². The van der Waals surface area contributed by atoms with Gasteiger partial charge in [0.1, 0.15) is 5.75 Å². The van der Waals surface area contributed by atoms with Crippen LogP contribution in [0.2, 0.25) is 0 Å². The van der Waals surface area contributed by atoms with Crippen LogP contribution in [-0.4, -0.2) is 30.0 Å². The van der Waals surface area contributed by atoms with Gasteiger partial charge in [-0.25, -0.2) is 0 Å². The molecule has 2 rings (SSSR count). The summed E-state index contributed by atoms with van der Waals surface area (Å²) < 4.78 is 5.40. The van der Waals surface area contributed by atoms with E-state index < -0.39 is 0 Å². The van der Waals surface area contributed by atoms with Gasteiger partial charge in [-0.2, -0.15) is 0 Å². The topological polar surface area (TPSA) is 29.5 Å². The molecule has 1 atom stereocenters. The van der Waals surface area contributed by atoms with Crippen molar-refractivity contribution >= 4 is 12.0 Å². The molecule has 1 aliphatic rings. The van der Waals surface area contributed by atoms with Crippen molar-refractivity contribution in [2.45, 2.75) is 39.2 Å². The molecule has 3 heteroatoms. The first kappa shape index (κ1) is 14.6. The fourth-order valence-electron chi connectivity index (χ4n) is 2.53. The number of nitrogens with zero attached hydrogens (tertiary/aromatic N) is 1. The third-order valence-electron chi connectivity index (χ3n) is 3.70. The van der Waals surface area contributed by atoms with Gasteiger partial charge in [0.15, 0.2) is 0 Å². The molecule has 1 aromatic rings. The van der Waals surface area contributed by atoms with E-state index in [2.05, 4.69) is 6.92 Å². The molecule has 1 aromatic carbocycles. The van der Waals surface area contributed by atoms with Crippen LogP contribution in [0.3, 0.4) is 0 Å². The Morgan fingerprint density at radius 2 is 2.10 bits per heavy atom. The van der Waals surface area contributed by atoms with Gasteiger partial charge in [-0.3, -0.25) is 4.79 Å². The normalized spacial score (nSPS) is 19.3. The summed E-state index contributed by atoms with van der Waals surface area (Å²) in [6.07, 6.45) is 7.01. The van der Waals surface area contributed by atoms with Crippen molar-refractivity contribution in [3.05, 3.63) is 35.9 Å². The molecule has 0 saturated carbocycles. The summed E-state index contributed by atoms with van der Waals surface area (Å²) >= 11 is 0. The Labute approximate surface area is 121 Å². The molecule has 0 spiro atoms. The quantitative estimate of drug-likeness (QED) is 0.786. The molecule has 1 saturated heterocycles. The van der Waals surface area contributed by atoms with Crippen LogP contribution in [0.15, 0.2) is 30.3 Å². The fourth-order valence-corrected chi connectivity index (χ4v) is 2.53. The van der Waals surface area contributed by atoms with E-state index in [0.717, 1.165) is 30.7 Å². The number of carbonyl (C=O) groups excluding carboxylic acids is 1. The Balaban J connectivity index is 1.95. The lowest BCUT2D eigenvalue weighted by Gasteiger charge is -2.32. The highest BCUT2D eigenvalue weighted by Gasteiger charge is 2.20. The van der Waals surface area contributed by atoms with E-state index in [4.69, 9.17) is 4.74 Å². The van der Waals surface area contributed by atoms with E-state index in [0.29, 0.717) is 12.6 Å². The first-order valence-corrected chi connectivity index (χ1v) is 7.42. The average Bonchev–Trinajstić information content (AvgIpc) is 2.47. The molecular formula is C17H23NO2. The molecule has 1 amide bonds. The number of hydrogen-bond donors (Lipinski definition) is 0. The minimum atomic E-state index is 0.117. The summed E-state index contributed by atoms with van der Waals surface area (Å²) in [6, 6.07) is 8.15. The fraction of sp³-hybridized carbons (Fsp3) is 0.471. The number of hydrogen-bond acceptors (Lipinski definition) is 2. The van der Waals surface area contributed by atoms with Gasteiger partial charge in [-0.1, -0.05) is 12.1 Å². The molecule has 0 aliphatic carbocycles. The lowest BCUT2D eigenvalue weighted by atomic mass is 10.0. The predicted octanol–water partition coefficient (Wildman–Crippen LogP) is 3.50. The first-order valence-electron chi connectivity index (χ1n) is 7.42. The maximum absolute atomic E-state index is 12.2. The minimum Gasteiger partial charge on any atom is -0.494 e. The zero-order valence-electron chi connectivity index (χ0n) is 12.3. The Morgan fingerprint density at radius 1 is 1.35 bits per heavy atom. The average molecular weight is 273 g/mol.